The van der Waals surface area contributed by atoms with E-state index in [2.05, 4.69) is 16.0 Å². The van der Waals surface area contributed by atoms with Gasteiger partial charge in [0, 0.05) is 33.7 Å². The topological polar surface area (TPSA) is 167 Å². The predicted octanol–water partition coefficient (Wildman–Crippen LogP) is 3.88. The number of halogens is 1. The molecule has 1 heterocycles. The summed E-state index contributed by atoms with van der Waals surface area (Å²) in [6, 6.07) is 1.72. The Labute approximate surface area is 327 Å². The van der Waals surface area contributed by atoms with Gasteiger partial charge in [-0.2, -0.15) is 0 Å². The molecule has 13 nitrogen and oxygen atoms in total. The molecular formula is C41H68FN5O8. The standard InChI is InChI=1S/C41H68FN5O8/c1-14-24(6)36(46(11)40(51)35(23(4)5)45-39(50)34(43-10)22(2)3)32(54-12)21-33(48)47-27(9)25(7)18-31(47)37(55-13)26(8)38(49)44-30(41(52)53)20-28-16-15-17-29(42)19-28/h15-17,19,22-27,30-32,34-37,43H,14,18,20-21H2,1-13H3,(H,44,49)(H,45,50)(H,52,53)/t24-,25-,26+,27?,30-,31-,32?,34-,35-,36-,37?/m0/s1. The highest BCUT2D eigenvalue weighted by atomic mass is 19.1. The van der Waals surface area contributed by atoms with Crippen LogP contribution in [0.3, 0.4) is 0 Å². The van der Waals surface area contributed by atoms with Crippen LogP contribution in [0.15, 0.2) is 24.3 Å². The van der Waals surface area contributed by atoms with Gasteiger partial charge in [-0.05, 0) is 61.8 Å². The molecule has 0 saturated carbocycles. The number of carbonyl (C=O) groups excluding carboxylic acids is 4. The molecule has 14 heteroatoms. The number of carboxylic acid groups (broad SMARTS) is 1. The molecule has 1 aliphatic heterocycles. The summed E-state index contributed by atoms with van der Waals surface area (Å²) < 4.78 is 25.8. The highest BCUT2D eigenvalue weighted by molar-refractivity contribution is 5.90. The van der Waals surface area contributed by atoms with Gasteiger partial charge in [0.2, 0.25) is 23.6 Å². The van der Waals surface area contributed by atoms with E-state index in [4.69, 9.17) is 9.47 Å². The van der Waals surface area contributed by atoms with Crippen molar-refractivity contribution >= 4 is 29.6 Å². The Morgan fingerprint density at radius 2 is 1.58 bits per heavy atom. The number of rotatable bonds is 21. The zero-order valence-corrected chi connectivity index (χ0v) is 35.2. The molecule has 1 aromatic carbocycles. The zero-order valence-electron chi connectivity index (χ0n) is 35.2. The number of aliphatic carboxylic acids is 1. The van der Waals surface area contributed by atoms with Gasteiger partial charge in [0.15, 0.2) is 0 Å². The fraction of sp³-hybridized carbons (Fsp3) is 0.732. The molecule has 1 saturated heterocycles. The van der Waals surface area contributed by atoms with Crippen molar-refractivity contribution in [1.82, 2.24) is 25.8 Å². The number of amides is 4. The van der Waals surface area contributed by atoms with Crippen molar-refractivity contribution in [3.63, 3.8) is 0 Å². The minimum atomic E-state index is -1.31. The van der Waals surface area contributed by atoms with E-state index in [0.717, 1.165) is 0 Å². The van der Waals surface area contributed by atoms with E-state index in [0.29, 0.717) is 18.4 Å². The van der Waals surface area contributed by atoms with Crippen molar-refractivity contribution in [2.45, 2.75) is 136 Å². The third-order valence-corrected chi connectivity index (χ3v) is 11.6. The minimum absolute atomic E-state index is 0.00502. The van der Waals surface area contributed by atoms with Gasteiger partial charge >= 0.3 is 5.97 Å². The lowest BCUT2D eigenvalue weighted by molar-refractivity contribution is -0.149. The van der Waals surface area contributed by atoms with Crippen LogP contribution in [-0.2, 0) is 39.9 Å². The van der Waals surface area contributed by atoms with Crippen LogP contribution in [0.4, 0.5) is 4.39 Å². The van der Waals surface area contributed by atoms with E-state index < -0.39 is 66.0 Å². The van der Waals surface area contributed by atoms with Crippen molar-refractivity contribution in [2.75, 3.05) is 28.3 Å². The second kappa shape index (κ2) is 21.6. The van der Waals surface area contributed by atoms with Gasteiger partial charge in [-0.1, -0.05) is 73.9 Å². The van der Waals surface area contributed by atoms with Gasteiger partial charge in [-0.15, -0.1) is 0 Å². The van der Waals surface area contributed by atoms with Gasteiger partial charge < -0.3 is 40.3 Å². The fourth-order valence-electron chi connectivity index (χ4n) is 7.97. The fourth-order valence-corrected chi connectivity index (χ4v) is 7.97. The number of likely N-dealkylation sites (tertiary alicyclic amines) is 1. The van der Waals surface area contributed by atoms with Crippen LogP contribution in [0.2, 0.25) is 0 Å². The second-order valence-electron chi connectivity index (χ2n) is 16.1. The molecular weight excluding hydrogens is 709 g/mol. The third-order valence-electron chi connectivity index (χ3n) is 11.6. The molecule has 0 spiro atoms. The molecule has 312 valence electrons. The summed E-state index contributed by atoms with van der Waals surface area (Å²) >= 11 is 0. The van der Waals surface area contributed by atoms with Gasteiger partial charge in [-0.3, -0.25) is 19.2 Å². The van der Waals surface area contributed by atoms with E-state index in [1.54, 1.807) is 36.9 Å². The Bertz CT molecular complexity index is 1440. The van der Waals surface area contributed by atoms with Gasteiger partial charge in [0.25, 0.3) is 0 Å². The molecule has 1 aliphatic rings. The maximum Gasteiger partial charge on any atom is 0.326 e. The Morgan fingerprint density at radius 1 is 0.964 bits per heavy atom. The first-order valence-corrected chi connectivity index (χ1v) is 19.6. The molecule has 11 atom stereocenters. The number of carbonyl (C=O) groups is 5. The lowest BCUT2D eigenvalue weighted by Gasteiger charge is -2.41. The quantitative estimate of drug-likeness (QED) is 0.145. The maximum absolute atomic E-state index is 14.5. The first kappa shape index (κ1) is 47.5. The summed E-state index contributed by atoms with van der Waals surface area (Å²) in [5, 5.41) is 18.5. The predicted molar refractivity (Wildman–Crippen MR) is 209 cm³/mol. The van der Waals surface area contributed by atoms with Crippen LogP contribution in [0.1, 0.15) is 87.1 Å². The van der Waals surface area contributed by atoms with E-state index in [1.165, 1.54) is 32.4 Å². The zero-order chi connectivity index (χ0) is 41.9. The number of likely N-dealkylation sites (N-methyl/N-ethyl adjacent to an activating group) is 2. The molecule has 4 N–H and O–H groups in total. The summed E-state index contributed by atoms with van der Waals surface area (Å²) in [6.45, 7) is 17.3. The summed E-state index contributed by atoms with van der Waals surface area (Å²) in [7, 11) is 6.39. The number of hydrogen-bond acceptors (Lipinski definition) is 8. The Kier molecular flexibility index (Phi) is 18.7. The summed E-state index contributed by atoms with van der Waals surface area (Å²) in [5.74, 6) is -4.19. The van der Waals surface area contributed by atoms with Crippen molar-refractivity contribution in [3.05, 3.63) is 35.6 Å². The van der Waals surface area contributed by atoms with E-state index in [-0.39, 0.29) is 60.3 Å². The number of nitrogens with zero attached hydrogens (tertiary/aromatic N) is 2. The van der Waals surface area contributed by atoms with Crippen LogP contribution in [0.5, 0.6) is 0 Å². The van der Waals surface area contributed by atoms with Gasteiger partial charge in [0.1, 0.15) is 17.9 Å². The summed E-state index contributed by atoms with van der Waals surface area (Å²) in [4.78, 5) is 71.0. The van der Waals surface area contributed by atoms with E-state index >= 15 is 0 Å². The Hall–Kier alpha value is -3.62. The SMILES string of the molecule is CC[C@H](C)[C@@H](C(CC(=O)N1C(C)[C@@H](C)C[C@H]1C(OC)[C@@H](C)C(=O)N[C@@H](Cc1cccc(F)c1)C(=O)O)OC)N(C)C(=O)[C@@H](NC(=O)[C@@H](NC)C(C)C)C(C)C. The molecule has 0 radical (unpaired) electrons. The van der Waals surface area contributed by atoms with Crippen LogP contribution >= 0.6 is 0 Å². The highest BCUT2D eigenvalue weighted by Gasteiger charge is 2.47. The first-order chi connectivity index (χ1) is 25.7. The smallest absolute Gasteiger partial charge is 0.326 e. The number of ether oxygens (including phenoxy) is 2. The number of hydrogen-bond donors (Lipinski definition) is 4. The third kappa shape index (κ3) is 12.2. The molecule has 0 bridgehead atoms. The molecule has 1 fully saturated rings. The van der Waals surface area contributed by atoms with Crippen LogP contribution in [-0.4, -0.2) is 121 Å². The Morgan fingerprint density at radius 3 is 2.07 bits per heavy atom. The normalized spacial score (nSPS) is 21.6. The lowest BCUT2D eigenvalue weighted by atomic mass is 9.89. The van der Waals surface area contributed by atoms with Crippen molar-refractivity contribution in [1.29, 1.82) is 0 Å². The molecule has 0 aliphatic carbocycles. The summed E-state index contributed by atoms with van der Waals surface area (Å²) in [6.07, 6.45) is -0.422. The van der Waals surface area contributed by atoms with Crippen LogP contribution in [0, 0.1) is 35.4 Å². The first-order valence-electron chi connectivity index (χ1n) is 19.6. The van der Waals surface area contributed by atoms with E-state index in [1.807, 2.05) is 55.4 Å². The Balaban J connectivity index is 2.36. The van der Waals surface area contributed by atoms with Gasteiger partial charge in [-0.25, -0.2) is 9.18 Å². The lowest BCUT2D eigenvalue weighted by Crippen LogP contribution is -2.60. The molecule has 3 unspecified atom stereocenters. The van der Waals surface area contributed by atoms with E-state index in [9.17, 15) is 33.5 Å². The molecule has 2 rings (SSSR count). The maximum atomic E-state index is 14.5. The van der Waals surface area contributed by atoms with Crippen LogP contribution in [0.25, 0.3) is 0 Å². The number of nitrogens with one attached hydrogen (secondary N) is 3. The molecule has 4 amide bonds. The number of benzene rings is 1. The summed E-state index contributed by atoms with van der Waals surface area (Å²) in [5.41, 5.74) is 0.424. The largest absolute Gasteiger partial charge is 0.480 e. The number of carboxylic acids is 1. The average Bonchev–Trinajstić information content (AvgIpc) is 3.42. The van der Waals surface area contributed by atoms with Crippen LogP contribution < -0.4 is 16.0 Å². The van der Waals surface area contributed by atoms with Gasteiger partial charge in [0.05, 0.1) is 42.7 Å². The average molecular weight is 778 g/mol. The highest BCUT2D eigenvalue weighted by Crippen LogP contribution is 2.36. The minimum Gasteiger partial charge on any atom is -0.480 e. The van der Waals surface area contributed by atoms with Crippen molar-refractivity contribution in [2.24, 2.45) is 29.6 Å². The molecule has 1 aromatic rings. The molecule has 0 aromatic heterocycles. The van der Waals surface area contributed by atoms with Crippen molar-refractivity contribution in [3.8, 4) is 0 Å². The van der Waals surface area contributed by atoms with Crippen molar-refractivity contribution < 1.29 is 42.9 Å². The molecule has 55 heavy (non-hydrogen) atoms. The monoisotopic (exact) mass is 778 g/mol. The number of methoxy groups -OCH3 is 2. The second-order valence-corrected chi connectivity index (χ2v) is 16.1.